The number of anilines is 1. The molecule has 2 aliphatic heterocycles. The number of benzene rings is 2. The molecule has 2 aromatic carbocycles. The van der Waals surface area contributed by atoms with Crippen LogP contribution in [0.4, 0.5) is 11.4 Å². The molecule has 5 rings (SSSR count). The van der Waals surface area contributed by atoms with E-state index in [9.17, 15) is 4.79 Å². The molecule has 8 heteroatoms. The summed E-state index contributed by atoms with van der Waals surface area (Å²) in [6.45, 7) is 2.12. The smallest absolute Gasteiger partial charge is 0.262 e. The number of carbonyl (C=O) groups excluding carboxylic acids is 1. The van der Waals surface area contributed by atoms with Crippen molar-refractivity contribution in [3.8, 4) is 17.0 Å². The van der Waals surface area contributed by atoms with E-state index in [-0.39, 0.29) is 12.5 Å². The normalized spacial score (nSPS) is 17.7. The highest BCUT2D eigenvalue weighted by Crippen LogP contribution is 2.33. The van der Waals surface area contributed by atoms with Gasteiger partial charge in [0.05, 0.1) is 17.1 Å². The van der Waals surface area contributed by atoms with Crippen LogP contribution in [-0.2, 0) is 4.79 Å². The molecule has 0 aliphatic carbocycles. The molecule has 1 fully saturated rings. The third-order valence-electron chi connectivity index (χ3n) is 4.90. The number of amides is 1. The molecule has 3 heterocycles. The zero-order valence-corrected chi connectivity index (χ0v) is 18.1. The SMILES string of the molecule is Cc1ccc(N=c2scc(-c3ccc4c(c3)NC(=O)CO4)n2/N=C2/CCSC2)cc1. The van der Waals surface area contributed by atoms with Crippen LogP contribution < -0.4 is 14.9 Å². The number of hydrogen-bond donors (Lipinski definition) is 1. The second-order valence-corrected chi connectivity index (χ2v) is 9.12. The zero-order chi connectivity index (χ0) is 20.5. The topological polar surface area (TPSA) is 68.0 Å². The molecule has 0 saturated carbocycles. The van der Waals surface area contributed by atoms with Gasteiger partial charge in [0.15, 0.2) is 6.61 Å². The standard InChI is InChI=1S/C22H20N4O2S2/c1-14-2-5-16(6-3-14)23-22-26(25-17-8-9-29-12-17)19(13-30-22)15-4-7-20-18(10-15)24-21(27)11-28-20/h2-7,10,13H,8-9,11-12H2,1H3,(H,24,27)/b23-22?,25-17-. The number of thiazole rings is 1. The van der Waals surface area contributed by atoms with Crippen LogP contribution in [0.5, 0.6) is 5.75 Å². The number of nitrogens with one attached hydrogen (secondary N) is 1. The Hall–Kier alpha value is -2.84. The lowest BCUT2D eigenvalue weighted by Gasteiger charge is -2.18. The maximum Gasteiger partial charge on any atom is 0.262 e. The molecule has 1 aromatic heterocycles. The van der Waals surface area contributed by atoms with Crippen molar-refractivity contribution in [3.63, 3.8) is 0 Å². The Morgan fingerprint density at radius 1 is 1.17 bits per heavy atom. The first kappa shape index (κ1) is 19.1. The summed E-state index contributed by atoms with van der Waals surface area (Å²) in [5.74, 6) is 2.59. The van der Waals surface area contributed by atoms with Crippen molar-refractivity contribution < 1.29 is 9.53 Å². The van der Waals surface area contributed by atoms with Crippen molar-refractivity contribution >= 4 is 46.1 Å². The number of hydrogen-bond acceptors (Lipinski definition) is 6. The molecule has 0 radical (unpaired) electrons. The fourth-order valence-corrected chi connectivity index (χ4v) is 5.13. The van der Waals surface area contributed by atoms with Crippen LogP contribution in [0.3, 0.4) is 0 Å². The van der Waals surface area contributed by atoms with E-state index in [0.29, 0.717) is 11.4 Å². The van der Waals surface area contributed by atoms with E-state index in [1.54, 1.807) is 11.3 Å². The number of thioether (sulfide) groups is 1. The molecule has 6 nitrogen and oxygen atoms in total. The maximum atomic E-state index is 11.7. The van der Waals surface area contributed by atoms with Crippen LogP contribution in [0.2, 0.25) is 0 Å². The van der Waals surface area contributed by atoms with Crippen molar-refractivity contribution in [2.75, 3.05) is 23.4 Å². The summed E-state index contributed by atoms with van der Waals surface area (Å²) in [6, 6.07) is 14.0. The number of aryl methyl sites for hydroxylation is 1. The van der Waals surface area contributed by atoms with E-state index in [1.165, 1.54) is 11.3 Å². The molecule has 0 bridgehead atoms. The zero-order valence-electron chi connectivity index (χ0n) is 16.4. The van der Waals surface area contributed by atoms with Crippen LogP contribution in [0.15, 0.2) is 57.9 Å². The summed E-state index contributed by atoms with van der Waals surface area (Å²) in [7, 11) is 0. The third-order valence-corrected chi connectivity index (χ3v) is 6.74. The number of fused-ring (bicyclic) bond motifs is 1. The second-order valence-electron chi connectivity index (χ2n) is 7.18. The quantitative estimate of drug-likeness (QED) is 0.660. The first-order valence-electron chi connectivity index (χ1n) is 9.69. The van der Waals surface area contributed by atoms with Crippen LogP contribution in [0, 0.1) is 6.92 Å². The maximum absolute atomic E-state index is 11.7. The molecule has 0 unspecified atom stereocenters. The predicted molar refractivity (Wildman–Crippen MR) is 123 cm³/mol. The summed E-state index contributed by atoms with van der Waals surface area (Å²) in [5.41, 5.74) is 5.85. The van der Waals surface area contributed by atoms with Crippen LogP contribution in [-0.4, -0.2) is 34.4 Å². The molecule has 1 N–H and O–H groups in total. The fourth-order valence-electron chi connectivity index (χ4n) is 3.32. The molecular formula is C22H20N4O2S2. The van der Waals surface area contributed by atoms with E-state index in [2.05, 4.69) is 29.8 Å². The molecule has 3 aromatic rings. The Bertz CT molecular complexity index is 1200. The summed E-state index contributed by atoms with van der Waals surface area (Å²) < 4.78 is 7.42. The van der Waals surface area contributed by atoms with Gasteiger partial charge in [-0.3, -0.25) is 4.79 Å². The van der Waals surface area contributed by atoms with Gasteiger partial charge in [-0.15, -0.1) is 11.3 Å². The molecule has 0 atom stereocenters. The van der Waals surface area contributed by atoms with Crippen molar-refractivity contribution in [3.05, 3.63) is 58.2 Å². The highest BCUT2D eigenvalue weighted by molar-refractivity contribution is 8.00. The Balaban J connectivity index is 1.63. The van der Waals surface area contributed by atoms with Gasteiger partial charge in [0.1, 0.15) is 5.75 Å². The minimum absolute atomic E-state index is 0.0513. The predicted octanol–water partition coefficient (Wildman–Crippen LogP) is 4.43. The Labute approximate surface area is 182 Å². The Kier molecular flexibility index (Phi) is 5.18. The average molecular weight is 437 g/mol. The van der Waals surface area contributed by atoms with Gasteiger partial charge in [-0.05, 0) is 49.4 Å². The van der Waals surface area contributed by atoms with Gasteiger partial charge in [0, 0.05) is 22.4 Å². The second kappa shape index (κ2) is 8.12. The van der Waals surface area contributed by atoms with Crippen LogP contribution in [0.25, 0.3) is 11.3 Å². The largest absolute Gasteiger partial charge is 0.482 e. The van der Waals surface area contributed by atoms with Gasteiger partial charge in [-0.25, -0.2) is 9.67 Å². The minimum Gasteiger partial charge on any atom is -0.482 e. The summed E-state index contributed by atoms with van der Waals surface area (Å²) in [6.07, 6.45) is 0.991. The third kappa shape index (κ3) is 3.93. The lowest BCUT2D eigenvalue weighted by atomic mass is 10.1. The highest BCUT2D eigenvalue weighted by Gasteiger charge is 2.18. The van der Waals surface area contributed by atoms with Gasteiger partial charge in [0.2, 0.25) is 4.80 Å². The minimum atomic E-state index is -0.142. The Morgan fingerprint density at radius 3 is 2.83 bits per heavy atom. The molecule has 2 aliphatic rings. The van der Waals surface area contributed by atoms with Crippen molar-refractivity contribution in [2.45, 2.75) is 13.3 Å². The van der Waals surface area contributed by atoms with Gasteiger partial charge < -0.3 is 10.1 Å². The number of rotatable bonds is 3. The summed E-state index contributed by atoms with van der Waals surface area (Å²) in [4.78, 5) is 17.4. The number of aromatic nitrogens is 1. The van der Waals surface area contributed by atoms with Gasteiger partial charge >= 0.3 is 0 Å². The van der Waals surface area contributed by atoms with Gasteiger partial charge in [-0.2, -0.15) is 16.9 Å². The lowest BCUT2D eigenvalue weighted by Crippen LogP contribution is -2.25. The Morgan fingerprint density at radius 2 is 2.03 bits per heavy atom. The molecule has 0 spiro atoms. The number of nitrogens with zero attached hydrogens (tertiary/aromatic N) is 3. The first-order chi connectivity index (χ1) is 14.7. The van der Waals surface area contributed by atoms with E-state index >= 15 is 0 Å². The molecule has 1 saturated heterocycles. The fraction of sp³-hybridized carbons (Fsp3) is 0.227. The van der Waals surface area contributed by atoms with Crippen LogP contribution in [0.1, 0.15) is 12.0 Å². The molecule has 152 valence electrons. The van der Waals surface area contributed by atoms with E-state index in [1.807, 2.05) is 46.8 Å². The van der Waals surface area contributed by atoms with Crippen molar-refractivity contribution in [2.24, 2.45) is 10.1 Å². The van der Waals surface area contributed by atoms with Gasteiger partial charge in [0.25, 0.3) is 5.91 Å². The number of carbonyl (C=O) groups is 1. The van der Waals surface area contributed by atoms with Gasteiger partial charge in [-0.1, -0.05) is 17.7 Å². The average Bonchev–Trinajstić information content (AvgIpc) is 3.40. The summed E-state index contributed by atoms with van der Waals surface area (Å²) in [5, 5.41) is 9.89. The van der Waals surface area contributed by atoms with E-state index in [0.717, 1.165) is 39.7 Å². The first-order valence-corrected chi connectivity index (χ1v) is 11.7. The van der Waals surface area contributed by atoms with E-state index < -0.39 is 0 Å². The monoisotopic (exact) mass is 436 g/mol. The highest BCUT2D eigenvalue weighted by atomic mass is 32.2. The van der Waals surface area contributed by atoms with Crippen molar-refractivity contribution in [1.82, 2.24) is 4.68 Å². The molecule has 1 amide bonds. The van der Waals surface area contributed by atoms with Crippen LogP contribution >= 0.6 is 23.1 Å². The van der Waals surface area contributed by atoms with Crippen molar-refractivity contribution in [1.29, 1.82) is 0 Å². The number of ether oxygens (including phenoxy) is 1. The molecule has 30 heavy (non-hydrogen) atoms. The van der Waals surface area contributed by atoms with E-state index in [4.69, 9.17) is 14.8 Å². The summed E-state index contributed by atoms with van der Waals surface area (Å²) >= 11 is 3.46. The molecular weight excluding hydrogens is 416 g/mol. The lowest BCUT2D eigenvalue weighted by molar-refractivity contribution is -0.118.